The van der Waals surface area contributed by atoms with E-state index in [2.05, 4.69) is 43.5 Å². The van der Waals surface area contributed by atoms with Crippen LogP contribution in [0, 0.1) is 18.7 Å². The first-order chi connectivity index (χ1) is 10.5. The van der Waals surface area contributed by atoms with Crippen molar-refractivity contribution in [3.05, 3.63) is 65.5 Å². The second kappa shape index (κ2) is 7.36. The summed E-state index contributed by atoms with van der Waals surface area (Å²) in [4.78, 5) is 0. The zero-order chi connectivity index (χ0) is 16.1. The third-order valence-electron chi connectivity index (χ3n) is 3.56. The number of hydrogen-bond acceptors (Lipinski definition) is 1. The molecule has 0 saturated carbocycles. The Morgan fingerprint density at radius 3 is 2.45 bits per heavy atom. The van der Waals surface area contributed by atoms with Crippen molar-refractivity contribution in [2.45, 2.75) is 26.8 Å². The van der Waals surface area contributed by atoms with E-state index in [0.717, 1.165) is 0 Å². The molecule has 0 radical (unpaired) electrons. The fourth-order valence-electron chi connectivity index (χ4n) is 2.41. The number of aryl methyl sites for hydroxylation is 1. The van der Waals surface area contributed by atoms with Gasteiger partial charge >= 0.3 is 0 Å². The summed E-state index contributed by atoms with van der Waals surface area (Å²) in [5, 5.41) is 6.87. The van der Waals surface area contributed by atoms with Crippen LogP contribution in [0.3, 0.4) is 0 Å². The Labute approximate surface area is 136 Å². The van der Waals surface area contributed by atoms with Gasteiger partial charge < -0.3 is 10.6 Å². The maximum atomic E-state index is 13.2. The van der Waals surface area contributed by atoms with Gasteiger partial charge in [0.05, 0.1) is 6.04 Å². The highest BCUT2D eigenvalue weighted by Gasteiger charge is 2.18. The lowest BCUT2D eigenvalue weighted by Gasteiger charge is -2.26. The van der Waals surface area contributed by atoms with Crippen LogP contribution in [0.15, 0.2) is 48.5 Å². The number of rotatable bonds is 4. The Balaban J connectivity index is 2.11. The molecule has 116 valence electrons. The molecule has 0 aliphatic heterocycles. The molecule has 0 aliphatic carbocycles. The Morgan fingerprint density at radius 1 is 1.09 bits per heavy atom. The third kappa shape index (κ3) is 4.28. The van der Waals surface area contributed by atoms with Gasteiger partial charge in [-0.1, -0.05) is 44.2 Å². The highest BCUT2D eigenvalue weighted by molar-refractivity contribution is 7.80. The van der Waals surface area contributed by atoms with Crippen LogP contribution in [0.5, 0.6) is 0 Å². The summed E-state index contributed by atoms with van der Waals surface area (Å²) in [7, 11) is 0. The predicted octanol–water partition coefficient (Wildman–Crippen LogP) is 4.82. The van der Waals surface area contributed by atoms with Gasteiger partial charge in [-0.3, -0.25) is 0 Å². The van der Waals surface area contributed by atoms with E-state index in [1.54, 1.807) is 12.1 Å². The molecule has 0 bridgehead atoms. The van der Waals surface area contributed by atoms with Crippen molar-refractivity contribution in [2.75, 3.05) is 5.32 Å². The van der Waals surface area contributed by atoms with Crippen LogP contribution in [-0.2, 0) is 0 Å². The fourth-order valence-corrected chi connectivity index (χ4v) is 2.66. The summed E-state index contributed by atoms with van der Waals surface area (Å²) in [6.45, 7) is 6.39. The minimum absolute atomic E-state index is 0.106. The minimum atomic E-state index is -0.285. The van der Waals surface area contributed by atoms with Gasteiger partial charge in [0.1, 0.15) is 5.82 Å². The number of anilines is 1. The van der Waals surface area contributed by atoms with Gasteiger partial charge in [-0.15, -0.1) is 0 Å². The average molecular weight is 316 g/mol. The van der Waals surface area contributed by atoms with E-state index < -0.39 is 0 Å². The van der Waals surface area contributed by atoms with Crippen LogP contribution in [0.25, 0.3) is 0 Å². The van der Waals surface area contributed by atoms with Crippen LogP contribution >= 0.6 is 12.2 Å². The monoisotopic (exact) mass is 316 g/mol. The van der Waals surface area contributed by atoms with Gasteiger partial charge in [-0.25, -0.2) is 4.39 Å². The molecule has 2 nitrogen and oxygen atoms in total. The number of nitrogens with one attached hydrogen (secondary N) is 2. The van der Waals surface area contributed by atoms with Crippen LogP contribution in [0.2, 0.25) is 0 Å². The molecule has 2 aromatic carbocycles. The second-order valence-electron chi connectivity index (χ2n) is 5.69. The molecule has 0 fully saturated rings. The number of halogens is 1. The molecule has 2 aromatic rings. The molecule has 4 heteroatoms. The first-order valence-corrected chi connectivity index (χ1v) is 7.77. The van der Waals surface area contributed by atoms with E-state index >= 15 is 0 Å². The van der Waals surface area contributed by atoms with E-state index in [1.807, 2.05) is 12.1 Å². The molecule has 0 aromatic heterocycles. The lowest BCUT2D eigenvalue weighted by molar-refractivity contribution is 0.471. The van der Waals surface area contributed by atoms with Gasteiger partial charge in [0.15, 0.2) is 5.11 Å². The van der Waals surface area contributed by atoms with Gasteiger partial charge in [-0.05, 0) is 54.4 Å². The Bertz CT molecular complexity index is 655. The first-order valence-electron chi connectivity index (χ1n) is 7.36. The zero-order valence-electron chi connectivity index (χ0n) is 13.1. The normalized spacial score (nSPS) is 12.0. The zero-order valence-corrected chi connectivity index (χ0v) is 13.9. The fraction of sp³-hybridized carbons (Fsp3) is 0.278. The lowest BCUT2D eigenvalue weighted by Crippen LogP contribution is -2.35. The van der Waals surface area contributed by atoms with Crippen molar-refractivity contribution in [3.63, 3.8) is 0 Å². The highest BCUT2D eigenvalue weighted by Crippen LogP contribution is 2.24. The molecule has 0 heterocycles. The van der Waals surface area contributed by atoms with Crippen molar-refractivity contribution in [1.29, 1.82) is 0 Å². The van der Waals surface area contributed by atoms with Crippen LogP contribution in [0.4, 0.5) is 10.1 Å². The van der Waals surface area contributed by atoms with Crippen molar-refractivity contribution < 1.29 is 4.39 Å². The molecule has 0 amide bonds. The maximum absolute atomic E-state index is 13.2. The summed E-state index contributed by atoms with van der Waals surface area (Å²) < 4.78 is 13.2. The maximum Gasteiger partial charge on any atom is 0.171 e. The molecule has 0 unspecified atom stereocenters. The average Bonchev–Trinajstić information content (AvgIpc) is 2.45. The molecule has 0 aliphatic rings. The van der Waals surface area contributed by atoms with E-state index in [0.29, 0.717) is 16.7 Å². The molecule has 0 saturated heterocycles. The minimum Gasteiger partial charge on any atom is -0.355 e. The summed E-state index contributed by atoms with van der Waals surface area (Å²) in [6.07, 6.45) is 0. The second-order valence-corrected chi connectivity index (χ2v) is 6.10. The predicted molar refractivity (Wildman–Crippen MR) is 94.5 cm³/mol. The van der Waals surface area contributed by atoms with Crippen molar-refractivity contribution in [3.8, 4) is 0 Å². The summed E-state index contributed by atoms with van der Waals surface area (Å²) in [6, 6.07) is 14.6. The summed E-state index contributed by atoms with van der Waals surface area (Å²) >= 11 is 5.37. The van der Waals surface area contributed by atoms with Gasteiger partial charge in [0.2, 0.25) is 0 Å². The Morgan fingerprint density at radius 2 is 1.82 bits per heavy atom. The first kappa shape index (κ1) is 16.4. The Hall–Kier alpha value is -1.94. The number of benzene rings is 2. The number of hydrogen-bond donors (Lipinski definition) is 2. The van der Waals surface area contributed by atoms with E-state index in [4.69, 9.17) is 12.2 Å². The summed E-state index contributed by atoms with van der Waals surface area (Å²) in [5.41, 5.74) is 3.09. The highest BCUT2D eigenvalue weighted by atomic mass is 32.1. The molecule has 2 rings (SSSR count). The lowest BCUT2D eigenvalue weighted by atomic mass is 9.93. The number of thiocarbonyl (C=S) groups is 1. The van der Waals surface area contributed by atoms with E-state index in [9.17, 15) is 4.39 Å². The smallest absolute Gasteiger partial charge is 0.171 e. The van der Waals surface area contributed by atoms with Gasteiger partial charge in [-0.2, -0.15) is 0 Å². The summed E-state index contributed by atoms with van der Waals surface area (Å²) in [5.74, 6) is 0.0838. The van der Waals surface area contributed by atoms with Crippen molar-refractivity contribution >= 4 is 23.0 Å². The van der Waals surface area contributed by atoms with Crippen molar-refractivity contribution in [2.24, 2.45) is 5.92 Å². The molecular formula is C18H21FN2S. The van der Waals surface area contributed by atoms with Crippen LogP contribution in [-0.4, -0.2) is 5.11 Å². The van der Waals surface area contributed by atoms with E-state index in [1.165, 1.54) is 23.3 Å². The third-order valence-corrected chi connectivity index (χ3v) is 3.78. The topological polar surface area (TPSA) is 24.1 Å². The molecule has 2 N–H and O–H groups in total. The van der Waals surface area contributed by atoms with E-state index in [-0.39, 0.29) is 11.9 Å². The van der Waals surface area contributed by atoms with Gasteiger partial charge in [0.25, 0.3) is 0 Å². The van der Waals surface area contributed by atoms with Crippen LogP contribution in [0.1, 0.15) is 31.0 Å². The standard InChI is InChI=1S/C18H21FN2S/c1-12(2)17(16-10-5-4-7-13(16)3)21-18(22)20-15-9-6-8-14(19)11-15/h4-12,17H,1-3H3,(H2,20,21,22)/t17-/m0/s1. The molecule has 1 atom stereocenters. The van der Waals surface area contributed by atoms with Crippen LogP contribution < -0.4 is 10.6 Å². The quantitative estimate of drug-likeness (QED) is 0.791. The Kier molecular flexibility index (Phi) is 5.50. The molecule has 22 heavy (non-hydrogen) atoms. The largest absolute Gasteiger partial charge is 0.355 e. The van der Waals surface area contributed by atoms with Crippen molar-refractivity contribution in [1.82, 2.24) is 5.32 Å². The molecule has 0 spiro atoms. The molecular weight excluding hydrogens is 295 g/mol. The van der Waals surface area contributed by atoms with Gasteiger partial charge in [0, 0.05) is 5.69 Å². The SMILES string of the molecule is Cc1ccccc1[C@@H](NC(=S)Nc1cccc(F)c1)C(C)C.